The highest BCUT2D eigenvalue weighted by Crippen LogP contribution is 2.46. The number of piperidine rings is 1. The van der Waals surface area contributed by atoms with E-state index in [4.69, 9.17) is 15.2 Å². The van der Waals surface area contributed by atoms with Gasteiger partial charge in [-0.05, 0) is 24.5 Å². The number of nitrogens with zero attached hydrogens (tertiary/aromatic N) is 2. The average Bonchev–Trinajstić information content (AvgIpc) is 3.27. The van der Waals surface area contributed by atoms with Crippen LogP contribution in [0.5, 0.6) is 5.75 Å². The third kappa shape index (κ3) is 3.43. The number of methoxy groups -OCH3 is 1. The molecule has 0 aliphatic carbocycles. The molecule has 2 aliphatic heterocycles. The van der Waals surface area contributed by atoms with Crippen LogP contribution in [0.3, 0.4) is 0 Å². The van der Waals surface area contributed by atoms with E-state index in [1.165, 1.54) is 18.4 Å². The van der Waals surface area contributed by atoms with Crippen molar-refractivity contribution in [1.82, 2.24) is 9.88 Å². The Bertz CT molecular complexity index is 1160. The van der Waals surface area contributed by atoms with Crippen molar-refractivity contribution in [1.29, 1.82) is 0 Å². The van der Waals surface area contributed by atoms with Gasteiger partial charge in [0.25, 0.3) is 0 Å². The molecule has 32 heavy (non-hydrogen) atoms. The highest BCUT2D eigenvalue weighted by atomic mass is 32.1. The molecule has 0 spiro atoms. The highest BCUT2D eigenvalue weighted by molar-refractivity contribution is 7.21. The van der Waals surface area contributed by atoms with Crippen molar-refractivity contribution in [3.8, 4) is 5.75 Å². The molecule has 2 bridgehead atoms. The van der Waals surface area contributed by atoms with Crippen LogP contribution in [0.15, 0.2) is 48.8 Å². The first-order valence-corrected chi connectivity index (χ1v) is 11.6. The first-order valence-electron chi connectivity index (χ1n) is 10.7. The number of ether oxygens (including phenoxy) is 2. The first-order chi connectivity index (χ1) is 15.5. The maximum atomic E-state index is 13.1. The average molecular weight is 452 g/mol. The normalized spacial score (nSPS) is 25.0. The van der Waals surface area contributed by atoms with Crippen LogP contribution in [0.2, 0.25) is 0 Å². The molecule has 0 radical (unpaired) electrons. The van der Waals surface area contributed by atoms with E-state index in [0.717, 1.165) is 22.1 Å². The summed E-state index contributed by atoms with van der Waals surface area (Å²) in [6.45, 7) is 0.659. The lowest BCUT2D eigenvalue weighted by Crippen LogP contribution is -2.60. The Labute approximate surface area is 190 Å². The number of nitrogens with two attached hydrogens (primary N) is 1. The van der Waals surface area contributed by atoms with E-state index in [9.17, 15) is 9.59 Å². The van der Waals surface area contributed by atoms with Gasteiger partial charge < -0.3 is 15.2 Å². The number of primary amides is 1. The zero-order valence-corrected chi connectivity index (χ0v) is 18.6. The van der Waals surface area contributed by atoms with Gasteiger partial charge in [-0.1, -0.05) is 30.3 Å². The van der Waals surface area contributed by atoms with Crippen LogP contribution in [0, 0.1) is 0 Å². The van der Waals surface area contributed by atoms with Gasteiger partial charge in [-0.2, -0.15) is 0 Å². The summed E-state index contributed by atoms with van der Waals surface area (Å²) in [5.74, 6) is -0.289. The Hall–Kier alpha value is -2.97. The molecular formula is C24H25N3O4S. The van der Waals surface area contributed by atoms with E-state index in [0.29, 0.717) is 36.4 Å². The van der Waals surface area contributed by atoms with Gasteiger partial charge in [-0.15, -0.1) is 11.3 Å². The quantitative estimate of drug-likeness (QED) is 0.577. The highest BCUT2D eigenvalue weighted by Gasteiger charge is 2.56. The summed E-state index contributed by atoms with van der Waals surface area (Å²) in [6.07, 6.45) is 5.64. The smallest absolute Gasteiger partial charge is 0.352 e. The Balaban J connectivity index is 1.38. The summed E-state index contributed by atoms with van der Waals surface area (Å²) in [5.41, 5.74) is 6.29. The first kappa shape index (κ1) is 20.9. The number of pyridine rings is 1. The van der Waals surface area contributed by atoms with E-state index < -0.39 is 11.5 Å². The second-order valence-electron chi connectivity index (χ2n) is 8.51. The minimum absolute atomic E-state index is 0.141. The molecule has 3 aromatic rings. The lowest BCUT2D eigenvalue weighted by atomic mass is 9.85. The largest absolute Gasteiger partial charge is 0.494 e. The number of fused-ring (bicyclic) bond motifs is 3. The molecule has 2 saturated heterocycles. The zero-order valence-electron chi connectivity index (χ0n) is 17.8. The Kier molecular flexibility index (Phi) is 5.35. The summed E-state index contributed by atoms with van der Waals surface area (Å²) in [5, 5.41) is 0.790. The fourth-order valence-corrected chi connectivity index (χ4v) is 6.28. The molecule has 2 N–H and O–H groups in total. The second kappa shape index (κ2) is 8.18. The second-order valence-corrected chi connectivity index (χ2v) is 9.56. The van der Waals surface area contributed by atoms with E-state index in [-0.39, 0.29) is 18.1 Å². The predicted octanol–water partition coefficient (Wildman–Crippen LogP) is 3.51. The Morgan fingerprint density at radius 2 is 2.09 bits per heavy atom. The van der Waals surface area contributed by atoms with Gasteiger partial charge in [0.15, 0.2) is 10.6 Å². The van der Waals surface area contributed by atoms with Gasteiger partial charge >= 0.3 is 5.97 Å². The summed E-state index contributed by atoms with van der Waals surface area (Å²) < 4.78 is 12.3. The monoisotopic (exact) mass is 451 g/mol. The van der Waals surface area contributed by atoms with Gasteiger partial charge in [0.2, 0.25) is 5.91 Å². The third-order valence-corrected chi connectivity index (χ3v) is 7.88. The number of benzene rings is 1. The Morgan fingerprint density at radius 3 is 2.84 bits per heavy atom. The molecule has 1 aromatic carbocycles. The van der Waals surface area contributed by atoms with Crippen molar-refractivity contribution in [2.75, 3.05) is 7.11 Å². The van der Waals surface area contributed by atoms with Crippen molar-refractivity contribution in [3.63, 3.8) is 0 Å². The van der Waals surface area contributed by atoms with E-state index in [1.807, 2.05) is 24.3 Å². The number of rotatable bonds is 6. The lowest BCUT2D eigenvalue weighted by Gasteiger charge is -2.45. The predicted molar refractivity (Wildman–Crippen MR) is 122 cm³/mol. The van der Waals surface area contributed by atoms with Crippen molar-refractivity contribution < 1.29 is 19.1 Å². The van der Waals surface area contributed by atoms with Gasteiger partial charge in [0.1, 0.15) is 11.6 Å². The maximum absolute atomic E-state index is 13.1. The molecule has 5 rings (SSSR count). The molecule has 166 valence electrons. The van der Waals surface area contributed by atoms with Gasteiger partial charge in [-0.25, -0.2) is 4.79 Å². The van der Waals surface area contributed by atoms with Crippen LogP contribution in [0.1, 0.15) is 40.9 Å². The molecule has 3 unspecified atom stereocenters. The van der Waals surface area contributed by atoms with Crippen molar-refractivity contribution in [2.45, 2.75) is 49.9 Å². The van der Waals surface area contributed by atoms with E-state index in [2.05, 4.69) is 22.0 Å². The number of carbonyl (C=O) groups excluding carboxylic acids is 2. The number of aromatic nitrogens is 1. The molecule has 2 fully saturated rings. The van der Waals surface area contributed by atoms with Crippen LogP contribution in [-0.2, 0) is 16.1 Å². The molecule has 3 atom stereocenters. The number of carbonyl (C=O) groups is 2. The molecular weight excluding hydrogens is 426 g/mol. The molecule has 4 heterocycles. The zero-order chi connectivity index (χ0) is 22.3. The summed E-state index contributed by atoms with van der Waals surface area (Å²) in [4.78, 5) is 32.5. The fourth-order valence-electron chi connectivity index (χ4n) is 5.26. The maximum Gasteiger partial charge on any atom is 0.352 e. The van der Waals surface area contributed by atoms with Crippen molar-refractivity contribution in [3.05, 3.63) is 59.2 Å². The van der Waals surface area contributed by atoms with E-state index >= 15 is 0 Å². The number of amides is 1. The van der Waals surface area contributed by atoms with Crippen molar-refractivity contribution in [2.24, 2.45) is 5.73 Å². The molecule has 1 amide bonds. The fraction of sp³-hybridized carbons (Fsp3) is 0.375. The SMILES string of the molecule is COc1c(C(=O)OC2CC3CCC(C(N)=O)(C2)N3Cc2ccccc2)sc2ccncc12. The van der Waals surface area contributed by atoms with Gasteiger partial charge in [0.05, 0.1) is 12.5 Å². The minimum atomic E-state index is -0.794. The molecule has 8 heteroatoms. The standard InChI is InChI=1S/C24H25N3O4S/c1-30-20-18-13-26-10-8-19(18)32-21(20)22(28)31-17-11-16-7-9-24(12-17,23(25)29)27(16)14-15-5-3-2-4-6-15/h2-6,8,10,13,16-17H,7,9,11-12,14H2,1H3,(H2,25,29). The lowest BCUT2D eigenvalue weighted by molar-refractivity contribution is -0.136. The van der Waals surface area contributed by atoms with Crippen LogP contribution >= 0.6 is 11.3 Å². The topological polar surface area (TPSA) is 94.8 Å². The number of esters is 1. The summed E-state index contributed by atoms with van der Waals surface area (Å²) in [7, 11) is 1.54. The van der Waals surface area contributed by atoms with Crippen LogP contribution in [0.25, 0.3) is 10.1 Å². The number of hydrogen-bond donors (Lipinski definition) is 1. The summed E-state index contributed by atoms with van der Waals surface area (Å²) in [6, 6.07) is 12.1. The van der Waals surface area contributed by atoms with Crippen LogP contribution in [-0.4, -0.2) is 46.6 Å². The molecule has 2 aromatic heterocycles. The summed E-state index contributed by atoms with van der Waals surface area (Å²) >= 11 is 1.33. The Morgan fingerprint density at radius 1 is 1.28 bits per heavy atom. The van der Waals surface area contributed by atoms with Gasteiger partial charge in [-0.3, -0.25) is 14.7 Å². The molecule has 2 aliphatic rings. The number of hydrogen-bond acceptors (Lipinski definition) is 7. The van der Waals surface area contributed by atoms with Gasteiger partial charge in [0, 0.05) is 42.5 Å². The minimum Gasteiger partial charge on any atom is -0.494 e. The van der Waals surface area contributed by atoms with Crippen molar-refractivity contribution >= 4 is 33.3 Å². The number of thiophene rings is 1. The van der Waals surface area contributed by atoms with Crippen LogP contribution < -0.4 is 10.5 Å². The third-order valence-electron chi connectivity index (χ3n) is 6.74. The van der Waals surface area contributed by atoms with E-state index in [1.54, 1.807) is 12.4 Å². The van der Waals surface area contributed by atoms with Crippen LogP contribution in [0.4, 0.5) is 0 Å². The molecule has 0 saturated carbocycles. The molecule has 7 nitrogen and oxygen atoms in total.